The number of hydrogen-bond acceptors (Lipinski definition) is 3. The smallest absolute Gasteiger partial charge is 0.265 e. The quantitative estimate of drug-likeness (QED) is 0.879. The van der Waals surface area contributed by atoms with Gasteiger partial charge in [-0.25, -0.2) is 8.42 Å². The second-order valence-corrected chi connectivity index (χ2v) is 7.88. The number of benzene rings is 2. The minimum Gasteiger partial charge on any atom is -0.506 e. The third kappa shape index (κ3) is 3.50. The molecule has 2 aromatic carbocycles. The van der Waals surface area contributed by atoms with E-state index in [1.54, 1.807) is 19.9 Å². The molecule has 124 valence electrons. The van der Waals surface area contributed by atoms with Crippen LogP contribution in [0.3, 0.4) is 0 Å². The van der Waals surface area contributed by atoms with E-state index < -0.39 is 10.0 Å². The van der Waals surface area contributed by atoms with Crippen LogP contribution in [0.4, 0.5) is 5.69 Å². The maximum absolute atomic E-state index is 12.8. The van der Waals surface area contributed by atoms with Crippen molar-refractivity contribution in [3.05, 3.63) is 52.6 Å². The van der Waals surface area contributed by atoms with E-state index in [0.29, 0.717) is 11.3 Å². The lowest BCUT2D eigenvalue weighted by molar-refractivity contribution is 0.454. The van der Waals surface area contributed by atoms with Crippen LogP contribution in [0, 0.1) is 20.8 Å². The van der Waals surface area contributed by atoms with Crippen LogP contribution in [0.2, 0.25) is 0 Å². The highest BCUT2D eigenvalue weighted by atomic mass is 32.2. The largest absolute Gasteiger partial charge is 0.506 e. The fraction of sp³-hybridized carbons (Fsp3) is 0.333. The number of nitrogens with one attached hydrogen (secondary N) is 1. The van der Waals surface area contributed by atoms with Crippen LogP contribution in [-0.2, 0) is 10.0 Å². The number of phenols is 1. The molecule has 0 spiro atoms. The zero-order valence-electron chi connectivity index (χ0n) is 14.1. The van der Waals surface area contributed by atoms with Crippen LogP contribution in [0.1, 0.15) is 42.0 Å². The molecule has 2 aromatic rings. The summed E-state index contributed by atoms with van der Waals surface area (Å²) in [6, 6.07) is 8.93. The van der Waals surface area contributed by atoms with E-state index in [2.05, 4.69) is 4.72 Å². The fourth-order valence-electron chi connectivity index (χ4n) is 2.63. The summed E-state index contributed by atoms with van der Waals surface area (Å²) in [7, 11) is -3.87. The van der Waals surface area contributed by atoms with Crippen LogP contribution < -0.4 is 4.72 Å². The highest BCUT2D eigenvalue weighted by Crippen LogP contribution is 2.33. The first-order chi connectivity index (χ1) is 10.6. The van der Waals surface area contributed by atoms with Crippen LogP contribution in [0.5, 0.6) is 5.75 Å². The Morgan fingerprint density at radius 2 is 1.70 bits per heavy atom. The predicted octanol–water partition coefficient (Wildman–Crippen LogP) is 4.24. The molecule has 0 saturated heterocycles. The second-order valence-electron chi connectivity index (χ2n) is 6.23. The summed E-state index contributed by atoms with van der Waals surface area (Å²) in [6.45, 7) is 9.39. The third-order valence-corrected chi connectivity index (χ3v) is 5.23. The Morgan fingerprint density at radius 3 is 2.30 bits per heavy atom. The minimum atomic E-state index is -3.87. The third-order valence-electron chi connectivity index (χ3n) is 3.86. The van der Waals surface area contributed by atoms with Crippen LogP contribution in [-0.4, -0.2) is 13.5 Å². The molecule has 0 aliphatic rings. The van der Waals surface area contributed by atoms with Crippen molar-refractivity contribution in [3.8, 4) is 5.75 Å². The summed E-state index contributed by atoms with van der Waals surface area (Å²) in [5, 5.41) is 10.2. The van der Waals surface area contributed by atoms with E-state index in [9.17, 15) is 13.5 Å². The monoisotopic (exact) mass is 333 g/mol. The first-order valence-electron chi connectivity index (χ1n) is 7.56. The van der Waals surface area contributed by atoms with Gasteiger partial charge < -0.3 is 5.11 Å². The normalized spacial score (nSPS) is 11.7. The van der Waals surface area contributed by atoms with Crippen LogP contribution >= 0.6 is 0 Å². The molecule has 0 bridgehead atoms. The van der Waals surface area contributed by atoms with Crippen molar-refractivity contribution in [2.45, 2.75) is 45.4 Å². The Labute approximate surface area is 138 Å². The average Bonchev–Trinajstić information content (AvgIpc) is 2.44. The number of hydrogen-bond donors (Lipinski definition) is 2. The lowest BCUT2D eigenvalue weighted by Crippen LogP contribution is -2.16. The zero-order valence-corrected chi connectivity index (χ0v) is 15.0. The maximum atomic E-state index is 12.8. The van der Waals surface area contributed by atoms with Gasteiger partial charge in [0.05, 0.1) is 5.69 Å². The van der Waals surface area contributed by atoms with Gasteiger partial charge in [0.15, 0.2) is 0 Å². The molecule has 23 heavy (non-hydrogen) atoms. The van der Waals surface area contributed by atoms with Gasteiger partial charge in [-0.1, -0.05) is 38.1 Å². The molecule has 0 unspecified atom stereocenters. The summed E-state index contributed by atoms with van der Waals surface area (Å²) >= 11 is 0. The molecule has 5 heteroatoms. The van der Waals surface area contributed by atoms with E-state index in [0.717, 1.165) is 16.7 Å². The van der Waals surface area contributed by atoms with Crippen molar-refractivity contribution in [1.82, 2.24) is 0 Å². The minimum absolute atomic E-state index is 0.0899. The number of aryl methyl sites for hydroxylation is 3. The van der Waals surface area contributed by atoms with E-state index in [4.69, 9.17) is 0 Å². The molecule has 0 aliphatic carbocycles. The summed E-state index contributed by atoms with van der Waals surface area (Å²) in [5.41, 5.74) is 3.69. The highest BCUT2D eigenvalue weighted by Gasteiger charge is 2.23. The van der Waals surface area contributed by atoms with Gasteiger partial charge in [-0.15, -0.1) is 0 Å². The number of anilines is 1. The molecule has 0 saturated carbocycles. The number of para-hydroxylation sites is 1. The average molecular weight is 333 g/mol. The van der Waals surface area contributed by atoms with Gasteiger partial charge in [-0.2, -0.15) is 0 Å². The lowest BCUT2D eigenvalue weighted by Gasteiger charge is -2.18. The maximum Gasteiger partial charge on any atom is 0.265 e. The van der Waals surface area contributed by atoms with Gasteiger partial charge in [0.2, 0.25) is 0 Å². The molecule has 2 rings (SSSR count). The summed E-state index contributed by atoms with van der Waals surface area (Å²) < 4.78 is 28.2. The molecule has 0 aromatic heterocycles. The van der Waals surface area contributed by atoms with Gasteiger partial charge >= 0.3 is 0 Å². The van der Waals surface area contributed by atoms with Gasteiger partial charge in [-0.3, -0.25) is 4.72 Å². The van der Waals surface area contributed by atoms with Crippen molar-refractivity contribution < 1.29 is 13.5 Å². The molecule has 4 nitrogen and oxygen atoms in total. The zero-order chi connectivity index (χ0) is 17.4. The molecule has 2 N–H and O–H groups in total. The molecular weight excluding hydrogens is 310 g/mol. The summed E-state index contributed by atoms with van der Waals surface area (Å²) in [4.78, 5) is -0.0899. The van der Waals surface area contributed by atoms with Crippen molar-refractivity contribution in [2.75, 3.05) is 4.72 Å². The Kier molecular flexibility index (Phi) is 4.71. The van der Waals surface area contributed by atoms with Crippen molar-refractivity contribution in [3.63, 3.8) is 0 Å². The molecule has 0 atom stereocenters. The van der Waals surface area contributed by atoms with Crippen molar-refractivity contribution >= 4 is 15.7 Å². The Morgan fingerprint density at radius 1 is 1.04 bits per heavy atom. The Hall–Kier alpha value is -2.01. The van der Waals surface area contributed by atoms with Crippen molar-refractivity contribution in [1.29, 1.82) is 0 Å². The molecule has 0 fully saturated rings. The van der Waals surface area contributed by atoms with Gasteiger partial charge in [0.25, 0.3) is 10.0 Å². The fourth-order valence-corrected chi connectivity index (χ4v) is 4.04. The standard InChI is InChI=1S/C18H23NO3S/c1-11(2)15-8-6-7-13(4)17(15)19-23(21,22)16-10-12(3)9-14(5)18(16)20/h6-11,19-20H,1-5H3. The first kappa shape index (κ1) is 17.3. The molecule has 0 amide bonds. The van der Waals surface area contributed by atoms with Crippen LogP contribution in [0.15, 0.2) is 35.2 Å². The lowest BCUT2D eigenvalue weighted by atomic mass is 9.99. The number of phenolic OH excluding ortho intramolecular Hbond substituents is 1. The molecule has 0 heterocycles. The van der Waals surface area contributed by atoms with E-state index in [-0.39, 0.29) is 16.6 Å². The van der Waals surface area contributed by atoms with E-state index in [1.807, 2.05) is 39.0 Å². The second kappa shape index (κ2) is 6.24. The topological polar surface area (TPSA) is 66.4 Å². The number of rotatable bonds is 4. The summed E-state index contributed by atoms with van der Waals surface area (Å²) in [6.07, 6.45) is 0. The first-order valence-corrected chi connectivity index (χ1v) is 9.04. The number of sulfonamides is 1. The van der Waals surface area contributed by atoms with Crippen molar-refractivity contribution in [2.24, 2.45) is 0 Å². The molecule has 0 radical (unpaired) electrons. The van der Waals surface area contributed by atoms with E-state index in [1.165, 1.54) is 6.07 Å². The molecule has 0 aliphatic heterocycles. The summed E-state index contributed by atoms with van der Waals surface area (Å²) in [5.74, 6) is -0.0248. The highest BCUT2D eigenvalue weighted by molar-refractivity contribution is 7.92. The van der Waals surface area contributed by atoms with Gasteiger partial charge in [-0.05, 0) is 55.0 Å². The molecular formula is C18H23NO3S. The van der Waals surface area contributed by atoms with Gasteiger partial charge in [0, 0.05) is 0 Å². The SMILES string of the molecule is Cc1cc(C)c(O)c(S(=O)(=O)Nc2c(C)cccc2C(C)C)c1. The van der Waals surface area contributed by atoms with Gasteiger partial charge in [0.1, 0.15) is 10.6 Å². The Balaban J connectivity index is 2.57. The predicted molar refractivity (Wildman–Crippen MR) is 93.7 cm³/mol. The van der Waals surface area contributed by atoms with Crippen LogP contribution in [0.25, 0.3) is 0 Å². The van der Waals surface area contributed by atoms with E-state index >= 15 is 0 Å². The Bertz CT molecular complexity index is 840. The number of aromatic hydroxyl groups is 1.